The molecular formula is C10H14O4S. The molecule has 0 saturated heterocycles. The Bertz CT molecular complexity index is 275. The van der Waals surface area contributed by atoms with Crippen molar-refractivity contribution in [1.29, 1.82) is 0 Å². The molecule has 15 heavy (non-hydrogen) atoms. The van der Waals surface area contributed by atoms with E-state index in [0.29, 0.717) is 25.7 Å². The molecule has 0 radical (unpaired) electrons. The van der Waals surface area contributed by atoms with Gasteiger partial charge in [0.1, 0.15) is 6.10 Å². The van der Waals surface area contributed by atoms with Crippen molar-refractivity contribution >= 4 is 23.9 Å². The molecule has 0 bridgehead atoms. The van der Waals surface area contributed by atoms with Gasteiger partial charge in [-0.2, -0.15) is 0 Å². The first-order valence-electron chi connectivity index (χ1n) is 4.88. The number of carbonyl (C=O) groups excluding carboxylic acids is 1. The van der Waals surface area contributed by atoms with Gasteiger partial charge in [0.15, 0.2) is 0 Å². The monoisotopic (exact) mass is 230 g/mol. The largest absolute Gasteiger partial charge is 0.481 e. The van der Waals surface area contributed by atoms with Gasteiger partial charge in [0.05, 0.1) is 5.92 Å². The van der Waals surface area contributed by atoms with Crippen LogP contribution in [0, 0.1) is 5.92 Å². The van der Waals surface area contributed by atoms with E-state index in [9.17, 15) is 9.59 Å². The van der Waals surface area contributed by atoms with Crippen LogP contribution in [0.1, 0.15) is 25.7 Å². The third kappa shape index (κ3) is 4.38. The number of carboxylic acid groups (broad SMARTS) is 1. The summed E-state index contributed by atoms with van der Waals surface area (Å²) in [5.74, 6) is -1.11. The Kier molecular flexibility index (Phi) is 4.68. The molecule has 0 aromatic rings. The molecule has 0 saturated carbocycles. The molecule has 2 unspecified atom stereocenters. The Hall–Kier alpha value is -0.970. The minimum atomic E-state index is -0.777. The molecule has 0 spiro atoms. The predicted molar refractivity (Wildman–Crippen MR) is 58.0 cm³/mol. The summed E-state index contributed by atoms with van der Waals surface area (Å²) in [6.07, 6.45) is 5.75. The molecule has 2 atom stereocenters. The Labute approximate surface area is 93.7 Å². The maximum absolute atomic E-state index is 10.8. The Morgan fingerprint density at radius 2 is 2.07 bits per heavy atom. The molecule has 0 fully saturated rings. The van der Waals surface area contributed by atoms with E-state index in [0.717, 1.165) is 0 Å². The highest BCUT2D eigenvalue weighted by molar-refractivity contribution is 7.96. The van der Waals surface area contributed by atoms with Crippen molar-refractivity contribution in [1.82, 2.24) is 0 Å². The van der Waals surface area contributed by atoms with Crippen molar-refractivity contribution in [3.8, 4) is 0 Å². The van der Waals surface area contributed by atoms with Crippen LogP contribution in [0.4, 0.5) is 4.79 Å². The summed E-state index contributed by atoms with van der Waals surface area (Å²) in [7, 11) is 0. The van der Waals surface area contributed by atoms with Crippen molar-refractivity contribution < 1.29 is 19.4 Å². The van der Waals surface area contributed by atoms with Crippen LogP contribution in [-0.4, -0.2) is 22.5 Å². The van der Waals surface area contributed by atoms with Crippen LogP contribution < -0.4 is 0 Å². The van der Waals surface area contributed by atoms with Crippen LogP contribution >= 0.6 is 12.6 Å². The van der Waals surface area contributed by atoms with Crippen LogP contribution in [-0.2, 0) is 9.53 Å². The number of carboxylic acids is 1. The van der Waals surface area contributed by atoms with Crippen LogP contribution in [0.25, 0.3) is 0 Å². The zero-order valence-corrected chi connectivity index (χ0v) is 9.15. The average molecular weight is 230 g/mol. The van der Waals surface area contributed by atoms with Gasteiger partial charge in [-0.3, -0.25) is 4.79 Å². The van der Waals surface area contributed by atoms with Crippen LogP contribution in [0.15, 0.2) is 12.2 Å². The number of ether oxygens (including phenoxy) is 1. The lowest BCUT2D eigenvalue weighted by Crippen LogP contribution is -2.20. The van der Waals surface area contributed by atoms with E-state index in [4.69, 9.17) is 9.84 Å². The lowest BCUT2D eigenvalue weighted by molar-refractivity contribution is -0.142. The first kappa shape index (κ1) is 12.1. The van der Waals surface area contributed by atoms with Crippen LogP contribution in [0.3, 0.4) is 0 Å². The van der Waals surface area contributed by atoms with Gasteiger partial charge in [-0.25, -0.2) is 4.79 Å². The zero-order chi connectivity index (χ0) is 11.3. The quantitative estimate of drug-likeness (QED) is 0.434. The molecule has 1 rings (SSSR count). The molecule has 1 aliphatic carbocycles. The third-order valence-corrected chi connectivity index (χ3v) is 2.54. The molecule has 0 aliphatic heterocycles. The van der Waals surface area contributed by atoms with Crippen molar-refractivity contribution in [2.75, 3.05) is 0 Å². The van der Waals surface area contributed by atoms with Gasteiger partial charge in [-0.05, 0) is 31.8 Å². The standard InChI is InChI=1S/C10H14O4S/c11-9(12)7-3-1-2-4-8(6-5-7)14-10(13)15/h2,4,7-8H,1,3,5-6H2,(H,11,12)(H,13,15)/b4-2+. The van der Waals surface area contributed by atoms with Gasteiger partial charge in [0.2, 0.25) is 0 Å². The Morgan fingerprint density at radius 3 is 2.67 bits per heavy atom. The number of hydrogen-bond acceptors (Lipinski definition) is 3. The average Bonchev–Trinajstić information content (AvgIpc) is 2.08. The summed E-state index contributed by atoms with van der Waals surface area (Å²) in [6, 6.07) is 0. The molecule has 1 N–H and O–H groups in total. The van der Waals surface area contributed by atoms with Crippen molar-refractivity contribution in [2.45, 2.75) is 31.8 Å². The first-order chi connectivity index (χ1) is 7.09. The van der Waals surface area contributed by atoms with E-state index in [1.54, 1.807) is 6.08 Å². The SMILES string of the molecule is O=C(S)OC1/C=C/CCC(C(=O)O)CC1. The number of thiol groups is 1. The Morgan fingerprint density at radius 1 is 1.33 bits per heavy atom. The lowest BCUT2D eigenvalue weighted by Gasteiger charge is -2.18. The highest BCUT2D eigenvalue weighted by Crippen LogP contribution is 2.21. The summed E-state index contributed by atoms with van der Waals surface area (Å²) in [5.41, 5.74) is 0. The minimum Gasteiger partial charge on any atom is -0.481 e. The summed E-state index contributed by atoms with van der Waals surface area (Å²) in [5, 5.41) is 8.25. The first-order valence-corrected chi connectivity index (χ1v) is 5.33. The molecule has 0 heterocycles. The number of allylic oxidation sites excluding steroid dienone is 1. The fourth-order valence-electron chi connectivity index (χ4n) is 1.63. The summed E-state index contributed by atoms with van der Waals surface area (Å²) < 4.78 is 4.90. The smallest absolute Gasteiger partial charge is 0.364 e. The number of carbonyl (C=O) groups is 2. The zero-order valence-electron chi connectivity index (χ0n) is 8.26. The van der Waals surface area contributed by atoms with Gasteiger partial charge in [-0.1, -0.05) is 18.7 Å². The molecule has 0 amide bonds. The lowest BCUT2D eigenvalue weighted by atomic mass is 9.93. The van der Waals surface area contributed by atoms with Gasteiger partial charge in [0.25, 0.3) is 0 Å². The summed E-state index contributed by atoms with van der Waals surface area (Å²) in [4.78, 5) is 21.4. The number of hydrogen-bond donors (Lipinski definition) is 2. The van der Waals surface area contributed by atoms with Crippen molar-refractivity contribution in [2.24, 2.45) is 5.92 Å². The molecule has 5 heteroatoms. The van der Waals surface area contributed by atoms with Gasteiger partial charge in [-0.15, -0.1) is 0 Å². The molecule has 4 nitrogen and oxygen atoms in total. The predicted octanol–water partition coefficient (Wildman–Crippen LogP) is 2.25. The fourth-order valence-corrected chi connectivity index (χ4v) is 1.76. The second kappa shape index (κ2) is 5.80. The topological polar surface area (TPSA) is 63.6 Å². The third-order valence-electron chi connectivity index (χ3n) is 2.43. The second-order valence-electron chi connectivity index (χ2n) is 3.54. The highest BCUT2D eigenvalue weighted by atomic mass is 32.1. The normalized spacial score (nSPS) is 28.6. The number of aliphatic carboxylic acids is 1. The second-order valence-corrected chi connectivity index (χ2v) is 3.91. The minimum absolute atomic E-state index is 0.336. The Balaban J connectivity index is 2.53. The van der Waals surface area contributed by atoms with Crippen molar-refractivity contribution in [3.05, 3.63) is 12.2 Å². The van der Waals surface area contributed by atoms with Gasteiger partial charge in [0, 0.05) is 0 Å². The van der Waals surface area contributed by atoms with Crippen LogP contribution in [0.5, 0.6) is 0 Å². The molecule has 0 aromatic carbocycles. The van der Waals surface area contributed by atoms with E-state index in [-0.39, 0.29) is 12.0 Å². The molecule has 0 aromatic heterocycles. The van der Waals surface area contributed by atoms with E-state index in [1.807, 2.05) is 6.08 Å². The van der Waals surface area contributed by atoms with Crippen LogP contribution in [0.2, 0.25) is 0 Å². The fraction of sp³-hybridized carbons (Fsp3) is 0.600. The maximum Gasteiger partial charge on any atom is 0.364 e. The molecule has 1 aliphatic rings. The number of rotatable bonds is 2. The maximum atomic E-state index is 10.8. The van der Waals surface area contributed by atoms with Gasteiger partial charge < -0.3 is 9.84 Å². The summed E-state index contributed by atoms with van der Waals surface area (Å²) >= 11 is 3.52. The van der Waals surface area contributed by atoms with E-state index < -0.39 is 11.3 Å². The van der Waals surface area contributed by atoms with Crippen molar-refractivity contribution in [3.63, 3.8) is 0 Å². The summed E-state index contributed by atoms with van der Waals surface area (Å²) in [6.45, 7) is 0. The molecule has 84 valence electrons. The molecular weight excluding hydrogens is 216 g/mol. The van der Waals surface area contributed by atoms with E-state index >= 15 is 0 Å². The van der Waals surface area contributed by atoms with E-state index in [2.05, 4.69) is 12.6 Å². The highest BCUT2D eigenvalue weighted by Gasteiger charge is 2.21. The van der Waals surface area contributed by atoms with Gasteiger partial charge >= 0.3 is 11.3 Å². The van der Waals surface area contributed by atoms with E-state index in [1.165, 1.54) is 0 Å².